The lowest BCUT2D eigenvalue weighted by atomic mass is 10.3. The zero-order valence-corrected chi connectivity index (χ0v) is 16.1. The molecule has 0 radical (unpaired) electrons. The van der Waals surface area contributed by atoms with Crippen molar-refractivity contribution < 1.29 is 36.2 Å². The molecule has 1 N–H and O–H groups in total. The third kappa shape index (κ3) is 5.98. The van der Waals surface area contributed by atoms with E-state index in [1.54, 1.807) is 29.2 Å². The Hall–Kier alpha value is -2.51. The van der Waals surface area contributed by atoms with Crippen LogP contribution in [0, 0.1) is 0 Å². The first-order chi connectivity index (χ1) is 13.6. The Morgan fingerprint density at radius 3 is 2.55 bits per heavy atom. The van der Waals surface area contributed by atoms with E-state index in [-0.39, 0.29) is 17.5 Å². The Morgan fingerprint density at radius 2 is 2.00 bits per heavy atom. The van der Waals surface area contributed by atoms with E-state index in [0.717, 1.165) is 5.69 Å². The fourth-order valence-corrected chi connectivity index (χ4v) is 3.96. The van der Waals surface area contributed by atoms with Gasteiger partial charge in [0.2, 0.25) is 10.0 Å². The molecule has 0 amide bonds. The summed E-state index contributed by atoms with van der Waals surface area (Å²) in [5, 5.41) is 11.4. The minimum absolute atomic E-state index is 0.193. The van der Waals surface area contributed by atoms with E-state index in [1.807, 2.05) is 13.0 Å². The monoisotopic (exact) mass is 436 g/mol. The lowest BCUT2D eigenvalue weighted by Gasteiger charge is -2.23. The van der Waals surface area contributed by atoms with Crippen molar-refractivity contribution in [2.75, 3.05) is 13.2 Å². The summed E-state index contributed by atoms with van der Waals surface area (Å²) in [6, 6.07) is 5.01. The van der Waals surface area contributed by atoms with Gasteiger partial charge in [0.15, 0.2) is 0 Å². The van der Waals surface area contributed by atoms with E-state index < -0.39 is 22.2 Å². The number of rotatable bonds is 4. The van der Waals surface area contributed by atoms with E-state index in [0.29, 0.717) is 19.7 Å². The number of hydrogen-bond acceptors (Lipinski definition) is 6. The molecule has 1 aliphatic heterocycles. The van der Waals surface area contributed by atoms with Crippen molar-refractivity contribution in [2.45, 2.75) is 37.2 Å². The quantitative estimate of drug-likeness (QED) is 0.773. The lowest BCUT2D eigenvalue weighted by Crippen LogP contribution is -2.37. The van der Waals surface area contributed by atoms with Crippen LogP contribution in [0.3, 0.4) is 0 Å². The first-order valence-electron chi connectivity index (χ1n) is 8.38. The summed E-state index contributed by atoms with van der Waals surface area (Å²) in [7, 11) is -3.61. The summed E-state index contributed by atoms with van der Waals surface area (Å²) in [6.45, 7) is 3.56. The van der Waals surface area contributed by atoms with Gasteiger partial charge < -0.3 is 9.84 Å². The Labute approximate surface area is 164 Å². The van der Waals surface area contributed by atoms with Crippen LogP contribution >= 0.6 is 0 Å². The molecule has 0 saturated carbocycles. The Balaban J connectivity index is 0.000000370. The second kappa shape index (κ2) is 9.33. The van der Waals surface area contributed by atoms with Gasteiger partial charge in [-0.1, -0.05) is 0 Å². The molecule has 0 bridgehead atoms. The van der Waals surface area contributed by atoms with E-state index in [1.165, 1.54) is 10.5 Å². The zero-order chi connectivity index (χ0) is 21.7. The van der Waals surface area contributed by atoms with Crippen LogP contribution in [0.2, 0.25) is 0 Å². The first-order valence-corrected chi connectivity index (χ1v) is 9.82. The van der Waals surface area contributed by atoms with E-state index in [9.17, 15) is 21.6 Å². The predicted molar refractivity (Wildman–Crippen MR) is 93.2 cm³/mol. The largest absolute Gasteiger partial charge is 0.490 e. The summed E-state index contributed by atoms with van der Waals surface area (Å²) in [5.74, 6) is -2.76. The average Bonchev–Trinajstić information content (AvgIpc) is 3.00. The number of halogens is 3. The topological polar surface area (TPSA) is 115 Å². The fraction of sp³-hybridized carbons (Fsp3) is 0.438. The van der Waals surface area contributed by atoms with Crippen LogP contribution in [-0.4, -0.2) is 64.0 Å². The molecule has 3 rings (SSSR count). The highest BCUT2D eigenvalue weighted by atomic mass is 32.2. The molecule has 160 valence electrons. The number of pyridine rings is 1. The Morgan fingerprint density at radius 1 is 1.31 bits per heavy atom. The van der Waals surface area contributed by atoms with Gasteiger partial charge in [0.25, 0.3) is 0 Å². The van der Waals surface area contributed by atoms with E-state index >= 15 is 0 Å². The van der Waals surface area contributed by atoms with Crippen LogP contribution in [0.25, 0.3) is 0 Å². The number of ether oxygens (including phenoxy) is 1. The maximum absolute atomic E-state index is 12.8. The highest BCUT2D eigenvalue weighted by Gasteiger charge is 2.38. The SMILES string of the molecule is CCOC1CN(S(=O)(=O)c2cccnc2)Cc2ccnn2C1.O=C(O)C(F)(F)F. The number of alkyl halides is 3. The Bertz CT molecular complexity index is 918. The van der Waals surface area contributed by atoms with Gasteiger partial charge >= 0.3 is 12.1 Å². The van der Waals surface area contributed by atoms with Crippen molar-refractivity contribution in [3.05, 3.63) is 42.5 Å². The summed E-state index contributed by atoms with van der Waals surface area (Å²) < 4.78 is 66.3. The van der Waals surface area contributed by atoms with E-state index in [4.69, 9.17) is 14.6 Å². The van der Waals surface area contributed by atoms with Gasteiger partial charge in [-0.3, -0.25) is 9.67 Å². The summed E-state index contributed by atoms with van der Waals surface area (Å²) in [4.78, 5) is 13.0. The summed E-state index contributed by atoms with van der Waals surface area (Å²) in [6.07, 6.45) is -0.705. The molecule has 0 saturated heterocycles. The molecular weight excluding hydrogens is 417 g/mol. The minimum Gasteiger partial charge on any atom is -0.475 e. The van der Waals surface area contributed by atoms with Gasteiger partial charge in [-0.2, -0.15) is 22.6 Å². The number of carboxylic acids is 1. The number of carboxylic acid groups (broad SMARTS) is 1. The molecule has 9 nitrogen and oxygen atoms in total. The lowest BCUT2D eigenvalue weighted by molar-refractivity contribution is -0.192. The smallest absolute Gasteiger partial charge is 0.475 e. The third-order valence-corrected chi connectivity index (χ3v) is 5.64. The highest BCUT2D eigenvalue weighted by molar-refractivity contribution is 7.89. The van der Waals surface area contributed by atoms with Crippen LogP contribution in [0.5, 0.6) is 0 Å². The van der Waals surface area contributed by atoms with Gasteiger partial charge in [-0.25, -0.2) is 13.2 Å². The number of hydrogen-bond donors (Lipinski definition) is 1. The molecule has 3 heterocycles. The number of sulfonamides is 1. The van der Waals surface area contributed by atoms with Crippen LogP contribution in [0.1, 0.15) is 12.6 Å². The van der Waals surface area contributed by atoms with Gasteiger partial charge in [-0.05, 0) is 25.1 Å². The molecule has 2 aromatic rings. The third-order valence-electron chi connectivity index (χ3n) is 3.84. The molecule has 0 aromatic carbocycles. The molecule has 1 aliphatic rings. The zero-order valence-electron chi connectivity index (χ0n) is 15.3. The number of nitrogens with zero attached hydrogens (tertiary/aromatic N) is 4. The fourth-order valence-electron chi connectivity index (χ4n) is 2.55. The van der Waals surface area contributed by atoms with Gasteiger partial charge in [0, 0.05) is 31.7 Å². The molecule has 0 fully saturated rings. The summed E-state index contributed by atoms with van der Waals surface area (Å²) >= 11 is 0. The highest BCUT2D eigenvalue weighted by Crippen LogP contribution is 2.21. The second-order valence-electron chi connectivity index (χ2n) is 5.87. The van der Waals surface area contributed by atoms with Gasteiger partial charge in [0.05, 0.1) is 24.9 Å². The maximum Gasteiger partial charge on any atom is 0.490 e. The minimum atomic E-state index is -5.08. The van der Waals surface area contributed by atoms with Crippen LogP contribution in [-0.2, 0) is 32.6 Å². The molecule has 0 aliphatic carbocycles. The first kappa shape index (κ1) is 22.8. The van der Waals surface area contributed by atoms with Crippen molar-refractivity contribution in [2.24, 2.45) is 0 Å². The van der Waals surface area contributed by atoms with Crippen LogP contribution in [0.4, 0.5) is 13.2 Å². The number of fused-ring (bicyclic) bond motifs is 1. The van der Waals surface area contributed by atoms with Gasteiger partial charge in [-0.15, -0.1) is 0 Å². The van der Waals surface area contributed by atoms with Gasteiger partial charge in [0.1, 0.15) is 4.90 Å². The molecule has 1 atom stereocenters. The number of carbonyl (C=O) groups is 1. The molecule has 0 spiro atoms. The van der Waals surface area contributed by atoms with Crippen molar-refractivity contribution in [3.8, 4) is 0 Å². The predicted octanol–water partition coefficient (Wildman–Crippen LogP) is 1.52. The number of aliphatic carboxylic acids is 1. The molecule has 2 aromatic heterocycles. The van der Waals surface area contributed by atoms with Crippen molar-refractivity contribution in [1.82, 2.24) is 19.1 Å². The standard InChI is InChI=1S/C14H18N4O3S.C2HF3O2/c1-2-21-13-10-17(9-12-5-7-16-18(12)11-13)22(19,20)14-4-3-6-15-8-14;3-2(4,5)1(6)7/h3-8,13H,2,9-11H2,1H3;(H,6,7). The molecule has 29 heavy (non-hydrogen) atoms. The van der Waals surface area contributed by atoms with Crippen LogP contribution in [0.15, 0.2) is 41.7 Å². The number of aromatic nitrogens is 3. The Kier molecular flexibility index (Phi) is 7.32. The molecule has 1 unspecified atom stereocenters. The second-order valence-corrected chi connectivity index (χ2v) is 7.81. The maximum atomic E-state index is 12.8. The van der Waals surface area contributed by atoms with Crippen molar-refractivity contribution in [1.29, 1.82) is 0 Å². The average molecular weight is 436 g/mol. The van der Waals surface area contributed by atoms with Crippen molar-refractivity contribution >= 4 is 16.0 Å². The molecule has 13 heteroatoms. The molecular formula is C16H19F3N4O5S. The normalized spacial score (nSPS) is 17.6. The van der Waals surface area contributed by atoms with Crippen LogP contribution < -0.4 is 0 Å². The van der Waals surface area contributed by atoms with E-state index in [2.05, 4.69) is 10.1 Å². The van der Waals surface area contributed by atoms with Crippen molar-refractivity contribution in [3.63, 3.8) is 0 Å². The summed E-state index contributed by atoms with van der Waals surface area (Å²) in [5.41, 5.74) is 0.856.